The Labute approximate surface area is 158 Å². The highest BCUT2D eigenvalue weighted by molar-refractivity contribution is 5.84. The molecule has 0 fully saturated rings. The van der Waals surface area contributed by atoms with E-state index in [-0.39, 0.29) is 17.9 Å². The Kier molecular flexibility index (Phi) is 9.73. The van der Waals surface area contributed by atoms with Gasteiger partial charge in [0.25, 0.3) is 0 Å². The molecule has 146 valence electrons. The van der Waals surface area contributed by atoms with Gasteiger partial charge in [-0.25, -0.2) is 4.99 Å². The van der Waals surface area contributed by atoms with Crippen LogP contribution in [0.4, 0.5) is 0 Å². The second-order valence-corrected chi connectivity index (χ2v) is 7.38. The average molecular weight is 363 g/mol. The van der Waals surface area contributed by atoms with Gasteiger partial charge < -0.3 is 20.3 Å². The second kappa shape index (κ2) is 11.5. The van der Waals surface area contributed by atoms with Crippen LogP contribution in [0.2, 0.25) is 0 Å². The zero-order valence-electron chi connectivity index (χ0n) is 16.8. The van der Waals surface area contributed by atoms with E-state index < -0.39 is 0 Å². The molecule has 1 rings (SSSR count). The predicted octanol–water partition coefficient (Wildman–Crippen LogP) is 1.92. The summed E-state index contributed by atoms with van der Waals surface area (Å²) >= 11 is 0. The van der Waals surface area contributed by atoms with Crippen LogP contribution in [0.25, 0.3) is 0 Å². The number of carbonyl (C=O) groups excluding carboxylic acids is 1. The summed E-state index contributed by atoms with van der Waals surface area (Å²) < 4.78 is 5.18. The second-order valence-electron chi connectivity index (χ2n) is 7.38. The third-order valence-corrected chi connectivity index (χ3v) is 4.14. The highest BCUT2D eigenvalue weighted by Gasteiger charge is 2.18. The van der Waals surface area contributed by atoms with E-state index in [1.54, 1.807) is 26.1 Å². The zero-order chi connectivity index (χ0) is 19.4. The summed E-state index contributed by atoms with van der Waals surface area (Å²) in [6.07, 6.45) is 1.85. The first kappa shape index (κ1) is 22.0. The minimum Gasteiger partial charge on any atom is -0.385 e. The maximum Gasteiger partial charge on any atom is 0.243 e. The highest BCUT2D eigenvalue weighted by Crippen LogP contribution is 2.18. The predicted molar refractivity (Wildman–Crippen MR) is 107 cm³/mol. The molecule has 0 radical (unpaired) electrons. The van der Waals surface area contributed by atoms with Gasteiger partial charge in [-0.3, -0.25) is 4.79 Å². The van der Waals surface area contributed by atoms with Crippen LogP contribution >= 0.6 is 0 Å². The Morgan fingerprint density at radius 1 is 1.19 bits per heavy atom. The molecule has 6 nitrogen and oxygen atoms in total. The van der Waals surface area contributed by atoms with Crippen molar-refractivity contribution >= 4 is 11.9 Å². The summed E-state index contributed by atoms with van der Waals surface area (Å²) in [4.78, 5) is 17.8. The number of guanidine groups is 1. The monoisotopic (exact) mass is 362 g/mol. The minimum absolute atomic E-state index is 0.0206. The summed E-state index contributed by atoms with van der Waals surface area (Å²) in [6.45, 7) is 6.74. The normalized spacial score (nSPS) is 12.0. The van der Waals surface area contributed by atoms with Crippen molar-refractivity contribution in [2.45, 2.75) is 26.7 Å². The van der Waals surface area contributed by atoms with E-state index in [0.29, 0.717) is 5.96 Å². The number of carbonyl (C=O) groups is 1. The van der Waals surface area contributed by atoms with Crippen LogP contribution in [0, 0.1) is 5.41 Å². The van der Waals surface area contributed by atoms with Gasteiger partial charge in [-0.05, 0) is 23.8 Å². The zero-order valence-corrected chi connectivity index (χ0v) is 16.8. The van der Waals surface area contributed by atoms with Crippen LogP contribution in [-0.4, -0.2) is 64.2 Å². The van der Waals surface area contributed by atoms with Crippen molar-refractivity contribution in [3.05, 3.63) is 35.9 Å². The highest BCUT2D eigenvalue weighted by atomic mass is 16.5. The third-order valence-electron chi connectivity index (χ3n) is 4.14. The van der Waals surface area contributed by atoms with Gasteiger partial charge >= 0.3 is 0 Å². The van der Waals surface area contributed by atoms with Crippen molar-refractivity contribution < 1.29 is 9.53 Å². The third kappa shape index (κ3) is 9.42. The fourth-order valence-corrected chi connectivity index (χ4v) is 2.22. The molecule has 1 amide bonds. The fraction of sp³-hybridized carbons (Fsp3) is 0.600. The van der Waals surface area contributed by atoms with Crippen LogP contribution in [0.3, 0.4) is 0 Å². The van der Waals surface area contributed by atoms with Crippen LogP contribution < -0.4 is 10.6 Å². The summed E-state index contributed by atoms with van der Waals surface area (Å²) in [6, 6.07) is 10.3. The molecule has 0 spiro atoms. The lowest BCUT2D eigenvalue weighted by atomic mass is 9.90. The van der Waals surface area contributed by atoms with Crippen molar-refractivity contribution in [1.82, 2.24) is 15.5 Å². The molecule has 0 aliphatic carbocycles. The Morgan fingerprint density at radius 3 is 2.50 bits per heavy atom. The van der Waals surface area contributed by atoms with Gasteiger partial charge in [0.15, 0.2) is 5.96 Å². The largest absolute Gasteiger partial charge is 0.385 e. The van der Waals surface area contributed by atoms with Gasteiger partial charge in [0, 0.05) is 40.9 Å². The van der Waals surface area contributed by atoms with E-state index in [2.05, 4.69) is 41.6 Å². The molecule has 0 aliphatic heterocycles. The van der Waals surface area contributed by atoms with Gasteiger partial charge in [0.1, 0.15) is 6.54 Å². The number of methoxy groups -OCH3 is 1. The molecule has 0 atom stereocenters. The number of hydrogen-bond acceptors (Lipinski definition) is 3. The number of likely N-dealkylation sites (N-methyl/N-ethyl adjacent to an activating group) is 1. The van der Waals surface area contributed by atoms with Crippen LogP contribution in [0.1, 0.15) is 25.8 Å². The van der Waals surface area contributed by atoms with Crippen molar-refractivity contribution in [3.63, 3.8) is 0 Å². The number of nitrogens with one attached hydrogen (secondary N) is 2. The molecule has 0 heterocycles. The summed E-state index contributed by atoms with van der Waals surface area (Å²) in [5.74, 6) is 0.648. The van der Waals surface area contributed by atoms with Gasteiger partial charge in [0.05, 0.1) is 0 Å². The van der Waals surface area contributed by atoms with E-state index in [0.717, 1.165) is 32.5 Å². The molecule has 1 aromatic rings. The van der Waals surface area contributed by atoms with Gasteiger partial charge in [-0.2, -0.15) is 0 Å². The van der Waals surface area contributed by atoms with E-state index in [1.165, 1.54) is 5.56 Å². The Hall–Kier alpha value is -2.08. The first-order chi connectivity index (χ1) is 12.3. The molecule has 0 saturated heterocycles. The van der Waals surface area contributed by atoms with Crippen molar-refractivity contribution in [2.75, 3.05) is 47.4 Å². The molecule has 1 aromatic carbocycles. The molecule has 2 N–H and O–H groups in total. The standard InChI is InChI=1S/C20H34N4O2/c1-20(2,12-14-26-5)16-23-19(22-15-18(25)24(3)4)21-13-11-17-9-7-6-8-10-17/h6-10H,11-16H2,1-5H3,(H2,21,22,23). The Bertz CT molecular complexity index is 556. The number of amides is 1. The van der Waals surface area contributed by atoms with Gasteiger partial charge in [-0.15, -0.1) is 0 Å². The maximum absolute atomic E-state index is 11.8. The summed E-state index contributed by atoms with van der Waals surface area (Å²) in [7, 11) is 5.19. The smallest absolute Gasteiger partial charge is 0.243 e. The van der Waals surface area contributed by atoms with E-state index >= 15 is 0 Å². The number of benzene rings is 1. The molecule has 0 aliphatic rings. The lowest BCUT2D eigenvalue weighted by molar-refractivity contribution is -0.127. The fourth-order valence-electron chi connectivity index (χ4n) is 2.22. The number of aliphatic imine (C=N–C) groups is 1. The number of rotatable bonds is 10. The summed E-state index contributed by atoms with van der Waals surface area (Å²) in [5.41, 5.74) is 1.34. The summed E-state index contributed by atoms with van der Waals surface area (Å²) in [5, 5.41) is 6.69. The minimum atomic E-state index is -0.0206. The first-order valence-corrected chi connectivity index (χ1v) is 9.09. The molecule has 26 heavy (non-hydrogen) atoms. The van der Waals surface area contributed by atoms with Gasteiger partial charge in [-0.1, -0.05) is 44.2 Å². The van der Waals surface area contributed by atoms with Crippen molar-refractivity contribution in [2.24, 2.45) is 10.4 Å². The Morgan fingerprint density at radius 2 is 1.88 bits per heavy atom. The molecule has 0 unspecified atom stereocenters. The van der Waals surface area contributed by atoms with Gasteiger partial charge in [0.2, 0.25) is 5.91 Å². The van der Waals surface area contributed by atoms with Crippen LogP contribution in [0.15, 0.2) is 35.3 Å². The molecular weight excluding hydrogens is 328 g/mol. The van der Waals surface area contributed by atoms with E-state index in [9.17, 15) is 4.79 Å². The molecule has 0 saturated carbocycles. The van der Waals surface area contributed by atoms with Crippen molar-refractivity contribution in [3.8, 4) is 0 Å². The van der Waals surface area contributed by atoms with Crippen molar-refractivity contribution in [1.29, 1.82) is 0 Å². The van der Waals surface area contributed by atoms with E-state index in [4.69, 9.17) is 4.74 Å². The molecular formula is C20H34N4O2. The SMILES string of the molecule is COCCC(C)(C)CNC(=NCC(=O)N(C)C)NCCc1ccccc1. The molecule has 0 aromatic heterocycles. The quantitative estimate of drug-likeness (QED) is 0.493. The lowest BCUT2D eigenvalue weighted by Crippen LogP contribution is -2.43. The molecule has 6 heteroatoms. The number of ether oxygens (including phenoxy) is 1. The number of hydrogen-bond donors (Lipinski definition) is 2. The molecule has 0 bridgehead atoms. The average Bonchev–Trinajstić information content (AvgIpc) is 2.62. The first-order valence-electron chi connectivity index (χ1n) is 9.09. The van der Waals surface area contributed by atoms with E-state index in [1.807, 2.05) is 18.2 Å². The maximum atomic E-state index is 11.8. The van der Waals surface area contributed by atoms with Crippen LogP contribution in [0.5, 0.6) is 0 Å². The van der Waals surface area contributed by atoms with Crippen LogP contribution in [-0.2, 0) is 16.0 Å². The topological polar surface area (TPSA) is 66.0 Å². The number of nitrogens with zero attached hydrogens (tertiary/aromatic N) is 2. The Balaban J connectivity index is 2.60. The lowest BCUT2D eigenvalue weighted by Gasteiger charge is -2.26.